The molecule has 0 radical (unpaired) electrons. The van der Waals surface area contributed by atoms with E-state index in [0.717, 1.165) is 21.9 Å². The largest absolute Gasteiger partial charge is 0.399 e. The van der Waals surface area contributed by atoms with E-state index in [2.05, 4.69) is 5.48 Å². The van der Waals surface area contributed by atoms with Crippen LogP contribution in [-0.4, -0.2) is 5.91 Å². The SMILES string of the molecule is Nc1cc(N)cc(-c2cccc3cccc(ONC(=O)c4ccccc4)c23)c1. The van der Waals surface area contributed by atoms with Gasteiger partial charge in [0.1, 0.15) is 0 Å². The smallest absolute Gasteiger partial charge is 0.283 e. The van der Waals surface area contributed by atoms with E-state index in [-0.39, 0.29) is 5.91 Å². The fourth-order valence-corrected chi connectivity index (χ4v) is 3.21. The van der Waals surface area contributed by atoms with Crippen LogP contribution in [0.5, 0.6) is 5.75 Å². The molecule has 0 spiro atoms. The zero-order chi connectivity index (χ0) is 19.5. The van der Waals surface area contributed by atoms with Gasteiger partial charge in [-0.15, -0.1) is 0 Å². The van der Waals surface area contributed by atoms with Crippen LogP contribution in [0.2, 0.25) is 0 Å². The Morgan fingerprint density at radius 1 is 0.786 bits per heavy atom. The van der Waals surface area contributed by atoms with E-state index in [0.29, 0.717) is 22.7 Å². The third kappa shape index (κ3) is 3.46. The normalized spacial score (nSPS) is 10.6. The molecule has 0 aromatic heterocycles. The van der Waals surface area contributed by atoms with Crippen molar-refractivity contribution in [2.75, 3.05) is 11.5 Å². The van der Waals surface area contributed by atoms with Crippen molar-refractivity contribution in [3.05, 3.63) is 90.5 Å². The van der Waals surface area contributed by atoms with Gasteiger partial charge in [-0.25, -0.2) is 0 Å². The number of amides is 1. The van der Waals surface area contributed by atoms with Crippen LogP contribution in [0.1, 0.15) is 10.4 Å². The summed E-state index contributed by atoms with van der Waals surface area (Å²) in [6.45, 7) is 0. The Kier molecular flexibility index (Phi) is 4.56. The van der Waals surface area contributed by atoms with Gasteiger partial charge in [0.05, 0.1) is 0 Å². The number of carbonyl (C=O) groups excluding carboxylic acids is 1. The molecule has 4 aromatic rings. The van der Waals surface area contributed by atoms with Gasteiger partial charge in [-0.05, 0) is 52.9 Å². The molecule has 1 amide bonds. The Bertz CT molecular complexity index is 1130. The van der Waals surface area contributed by atoms with Crippen LogP contribution in [0.25, 0.3) is 21.9 Å². The summed E-state index contributed by atoms with van der Waals surface area (Å²) in [5.74, 6) is 0.224. The van der Waals surface area contributed by atoms with Crippen LogP contribution in [0, 0.1) is 0 Å². The Hall–Kier alpha value is -3.99. The highest BCUT2D eigenvalue weighted by Gasteiger charge is 2.12. The third-order valence-corrected chi connectivity index (χ3v) is 4.44. The van der Waals surface area contributed by atoms with E-state index in [1.165, 1.54) is 0 Å². The molecule has 0 unspecified atom stereocenters. The lowest BCUT2D eigenvalue weighted by atomic mass is 9.97. The molecule has 5 heteroatoms. The summed E-state index contributed by atoms with van der Waals surface area (Å²) in [6, 6.07) is 26.0. The molecule has 0 aliphatic rings. The van der Waals surface area contributed by atoms with Crippen molar-refractivity contribution >= 4 is 28.1 Å². The van der Waals surface area contributed by atoms with E-state index in [4.69, 9.17) is 16.3 Å². The molecule has 0 saturated carbocycles. The van der Waals surface area contributed by atoms with Crippen LogP contribution >= 0.6 is 0 Å². The number of nitrogens with two attached hydrogens (primary N) is 2. The summed E-state index contributed by atoms with van der Waals surface area (Å²) < 4.78 is 0. The number of rotatable bonds is 4. The van der Waals surface area contributed by atoms with Crippen molar-refractivity contribution in [2.45, 2.75) is 0 Å². The van der Waals surface area contributed by atoms with Crippen LogP contribution < -0.4 is 21.8 Å². The lowest BCUT2D eigenvalue weighted by Gasteiger charge is -2.14. The van der Waals surface area contributed by atoms with Crippen molar-refractivity contribution in [2.24, 2.45) is 0 Å². The maximum atomic E-state index is 12.3. The number of nitrogens with one attached hydrogen (secondary N) is 1. The summed E-state index contributed by atoms with van der Waals surface area (Å²) in [4.78, 5) is 18.0. The molecule has 5 nitrogen and oxygen atoms in total. The molecule has 0 heterocycles. The first-order valence-corrected chi connectivity index (χ1v) is 8.82. The molecule has 4 rings (SSSR count). The zero-order valence-corrected chi connectivity index (χ0v) is 15.1. The average Bonchev–Trinajstić information content (AvgIpc) is 2.71. The van der Waals surface area contributed by atoms with Gasteiger partial charge in [0.2, 0.25) is 0 Å². The lowest BCUT2D eigenvalue weighted by molar-refractivity contribution is 0.0763. The van der Waals surface area contributed by atoms with Gasteiger partial charge < -0.3 is 16.3 Å². The third-order valence-electron chi connectivity index (χ3n) is 4.44. The highest BCUT2D eigenvalue weighted by atomic mass is 16.7. The number of hydrogen-bond acceptors (Lipinski definition) is 4. The van der Waals surface area contributed by atoms with Crippen LogP contribution in [-0.2, 0) is 0 Å². The van der Waals surface area contributed by atoms with E-state index in [9.17, 15) is 4.79 Å². The number of hydrogen-bond donors (Lipinski definition) is 3. The number of carbonyl (C=O) groups is 1. The van der Waals surface area contributed by atoms with Gasteiger partial charge >= 0.3 is 0 Å². The van der Waals surface area contributed by atoms with Crippen molar-refractivity contribution < 1.29 is 9.63 Å². The quantitative estimate of drug-likeness (QED) is 0.367. The highest BCUT2D eigenvalue weighted by molar-refractivity contribution is 6.02. The molecule has 0 bridgehead atoms. The molecule has 0 atom stereocenters. The summed E-state index contributed by atoms with van der Waals surface area (Å²) in [7, 11) is 0. The van der Waals surface area contributed by atoms with Crippen LogP contribution in [0.15, 0.2) is 84.9 Å². The first kappa shape index (κ1) is 17.4. The zero-order valence-electron chi connectivity index (χ0n) is 15.1. The minimum atomic E-state index is -0.316. The summed E-state index contributed by atoms with van der Waals surface area (Å²) in [6.07, 6.45) is 0. The van der Waals surface area contributed by atoms with Gasteiger partial charge in [-0.2, -0.15) is 5.48 Å². The number of anilines is 2. The average molecular weight is 369 g/mol. The predicted octanol–water partition coefficient (Wildman–Crippen LogP) is 4.40. The lowest BCUT2D eigenvalue weighted by Crippen LogP contribution is -2.26. The number of benzene rings is 4. The molecule has 5 N–H and O–H groups in total. The van der Waals surface area contributed by atoms with E-state index in [1.807, 2.05) is 54.6 Å². The number of hydroxylamine groups is 1. The molecule has 0 saturated heterocycles. The Labute approximate surface area is 162 Å². The fourth-order valence-electron chi connectivity index (χ4n) is 3.21. The van der Waals surface area contributed by atoms with Crippen LogP contribution in [0.3, 0.4) is 0 Å². The summed E-state index contributed by atoms with van der Waals surface area (Å²) >= 11 is 0. The standard InChI is InChI=1S/C23H19N3O2/c24-18-12-17(13-19(25)14-18)20-10-4-8-15-9-5-11-21(22(15)20)28-26-23(27)16-6-2-1-3-7-16/h1-14H,24-25H2,(H,26,27). The molecule has 28 heavy (non-hydrogen) atoms. The van der Waals surface area contributed by atoms with Gasteiger partial charge in [0.25, 0.3) is 5.91 Å². The fraction of sp³-hybridized carbons (Fsp3) is 0. The minimum Gasteiger partial charge on any atom is -0.399 e. The van der Waals surface area contributed by atoms with Gasteiger partial charge in [-0.3, -0.25) is 4.79 Å². The topological polar surface area (TPSA) is 90.4 Å². The molecule has 138 valence electrons. The van der Waals surface area contributed by atoms with Crippen molar-refractivity contribution in [3.8, 4) is 16.9 Å². The predicted molar refractivity (Wildman–Crippen MR) is 113 cm³/mol. The minimum absolute atomic E-state index is 0.316. The molecule has 4 aromatic carbocycles. The maximum absolute atomic E-state index is 12.3. The number of nitrogen functional groups attached to an aromatic ring is 2. The van der Waals surface area contributed by atoms with Crippen molar-refractivity contribution in [1.29, 1.82) is 0 Å². The highest BCUT2D eigenvalue weighted by Crippen LogP contribution is 2.36. The Morgan fingerprint density at radius 2 is 1.46 bits per heavy atom. The Morgan fingerprint density at radius 3 is 2.18 bits per heavy atom. The second-order valence-electron chi connectivity index (χ2n) is 6.45. The van der Waals surface area contributed by atoms with Gasteiger partial charge in [0, 0.05) is 22.3 Å². The van der Waals surface area contributed by atoms with Crippen molar-refractivity contribution in [3.63, 3.8) is 0 Å². The summed E-state index contributed by atoms with van der Waals surface area (Å²) in [5, 5.41) is 1.84. The molecule has 0 aliphatic carbocycles. The molecule has 0 fully saturated rings. The Balaban J connectivity index is 1.74. The van der Waals surface area contributed by atoms with Gasteiger partial charge in [0.15, 0.2) is 5.75 Å². The van der Waals surface area contributed by atoms with Gasteiger partial charge in [-0.1, -0.05) is 48.5 Å². The second-order valence-corrected chi connectivity index (χ2v) is 6.45. The van der Waals surface area contributed by atoms with E-state index < -0.39 is 0 Å². The number of fused-ring (bicyclic) bond motifs is 1. The van der Waals surface area contributed by atoms with E-state index in [1.54, 1.807) is 30.3 Å². The molecular weight excluding hydrogens is 350 g/mol. The van der Waals surface area contributed by atoms with E-state index >= 15 is 0 Å². The molecular formula is C23H19N3O2. The first-order chi connectivity index (χ1) is 13.6. The monoisotopic (exact) mass is 369 g/mol. The first-order valence-electron chi connectivity index (χ1n) is 8.82. The summed E-state index contributed by atoms with van der Waals surface area (Å²) in [5.41, 5.74) is 18.0. The second kappa shape index (κ2) is 7.32. The molecule has 0 aliphatic heterocycles. The van der Waals surface area contributed by atoms with Crippen molar-refractivity contribution in [1.82, 2.24) is 5.48 Å². The maximum Gasteiger partial charge on any atom is 0.283 e. The van der Waals surface area contributed by atoms with Crippen LogP contribution in [0.4, 0.5) is 11.4 Å².